The molecule has 0 spiro atoms. The molecule has 2 heterocycles. The molecule has 0 saturated carbocycles. The average Bonchev–Trinajstić information content (AvgIpc) is 2.97. The third-order valence-corrected chi connectivity index (χ3v) is 5.84. The molecule has 28 heavy (non-hydrogen) atoms. The summed E-state index contributed by atoms with van der Waals surface area (Å²) in [5.74, 6) is 0.524. The van der Waals surface area contributed by atoms with Crippen LogP contribution in [0.3, 0.4) is 0 Å². The topological polar surface area (TPSA) is 76.2 Å². The first kappa shape index (κ1) is 20.3. The highest BCUT2D eigenvalue weighted by Gasteiger charge is 2.37. The SMILES string of the molecule is COc1cc(C)c(/C=C2\SC(=O)N(CC(=O)N3CCCCC3)C2=O)cc1OC. The summed E-state index contributed by atoms with van der Waals surface area (Å²) in [6.07, 6.45) is 4.70. The highest BCUT2D eigenvalue weighted by Crippen LogP contribution is 2.36. The molecule has 0 aromatic heterocycles. The maximum Gasteiger partial charge on any atom is 0.294 e. The van der Waals surface area contributed by atoms with E-state index < -0.39 is 11.1 Å². The third-order valence-electron chi connectivity index (χ3n) is 4.93. The molecule has 2 aliphatic rings. The Kier molecular flexibility index (Phi) is 6.28. The second-order valence-electron chi connectivity index (χ2n) is 6.77. The van der Waals surface area contributed by atoms with E-state index in [1.165, 1.54) is 7.11 Å². The van der Waals surface area contributed by atoms with Crippen molar-refractivity contribution in [2.24, 2.45) is 0 Å². The van der Waals surface area contributed by atoms with Gasteiger partial charge < -0.3 is 14.4 Å². The summed E-state index contributed by atoms with van der Waals surface area (Å²) in [4.78, 5) is 40.5. The fraction of sp³-hybridized carbons (Fsp3) is 0.450. The molecule has 150 valence electrons. The molecule has 2 saturated heterocycles. The Morgan fingerprint density at radius 2 is 1.75 bits per heavy atom. The average molecular weight is 404 g/mol. The van der Waals surface area contributed by atoms with Crippen LogP contribution in [0, 0.1) is 6.92 Å². The summed E-state index contributed by atoms with van der Waals surface area (Å²) in [6.45, 7) is 3.07. The number of amides is 3. The smallest absolute Gasteiger partial charge is 0.294 e. The Morgan fingerprint density at radius 3 is 2.39 bits per heavy atom. The van der Waals surface area contributed by atoms with Gasteiger partial charge in [0.1, 0.15) is 6.54 Å². The number of methoxy groups -OCH3 is 2. The molecule has 3 rings (SSSR count). The molecule has 1 aromatic rings. The largest absolute Gasteiger partial charge is 0.493 e. The van der Waals surface area contributed by atoms with Crippen LogP contribution in [0.5, 0.6) is 11.5 Å². The van der Waals surface area contributed by atoms with E-state index >= 15 is 0 Å². The summed E-state index contributed by atoms with van der Waals surface area (Å²) in [5, 5.41) is -0.417. The number of likely N-dealkylation sites (tertiary alicyclic amines) is 1. The summed E-state index contributed by atoms with van der Waals surface area (Å²) < 4.78 is 10.6. The van der Waals surface area contributed by atoms with E-state index in [9.17, 15) is 14.4 Å². The lowest BCUT2D eigenvalue weighted by molar-refractivity contribution is -0.136. The van der Waals surface area contributed by atoms with Crippen LogP contribution in [0.1, 0.15) is 30.4 Å². The number of nitrogens with zero attached hydrogens (tertiary/aromatic N) is 2. The predicted octanol–water partition coefficient (Wildman–Crippen LogP) is 3.06. The summed E-state index contributed by atoms with van der Waals surface area (Å²) >= 11 is 0.853. The molecule has 2 aliphatic heterocycles. The number of carbonyl (C=O) groups is 3. The quantitative estimate of drug-likeness (QED) is 0.702. The summed E-state index contributed by atoms with van der Waals surface area (Å²) in [7, 11) is 3.10. The van der Waals surface area contributed by atoms with Crippen molar-refractivity contribution in [1.82, 2.24) is 9.80 Å². The van der Waals surface area contributed by atoms with Crippen LogP contribution in [0.4, 0.5) is 4.79 Å². The van der Waals surface area contributed by atoms with Crippen molar-refractivity contribution < 1.29 is 23.9 Å². The van der Waals surface area contributed by atoms with Crippen LogP contribution >= 0.6 is 11.8 Å². The maximum atomic E-state index is 12.7. The van der Waals surface area contributed by atoms with Crippen molar-refractivity contribution in [3.05, 3.63) is 28.2 Å². The van der Waals surface area contributed by atoms with Crippen molar-refractivity contribution in [3.63, 3.8) is 0 Å². The van der Waals surface area contributed by atoms with Crippen LogP contribution in [-0.4, -0.2) is 60.7 Å². The van der Waals surface area contributed by atoms with Crippen molar-refractivity contribution in [3.8, 4) is 11.5 Å². The Hall–Kier alpha value is -2.48. The lowest BCUT2D eigenvalue weighted by Crippen LogP contribution is -2.44. The van der Waals surface area contributed by atoms with Gasteiger partial charge in [-0.3, -0.25) is 19.3 Å². The van der Waals surface area contributed by atoms with Crippen molar-refractivity contribution in [2.75, 3.05) is 33.9 Å². The highest BCUT2D eigenvalue weighted by molar-refractivity contribution is 8.18. The second kappa shape index (κ2) is 8.68. The maximum absolute atomic E-state index is 12.7. The second-order valence-corrected chi connectivity index (χ2v) is 7.77. The Labute approximate surface area is 168 Å². The number of hydrogen-bond acceptors (Lipinski definition) is 6. The van der Waals surface area contributed by atoms with Crippen molar-refractivity contribution >= 4 is 34.9 Å². The molecular weight excluding hydrogens is 380 g/mol. The third kappa shape index (κ3) is 4.16. The van der Waals surface area contributed by atoms with E-state index in [1.807, 2.05) is 13.0 Å². The van der Waals surface area contributed by atoms with Gasteiger partial charge in [0.2, 0.25) is 5.91 Å². The molecule has 0 atom stereocenters. The summed E-state index contributed by atoms with van der Waals surface area (Å²) in [5.41, 5.74) is 1.64. The number of thioether (sulfide) groups is 1. The molecule has 0 N–H and O–H groups in total. The fourth-order valence-corrected chi connectivity index (χ4v) is 4.14. The Bertz CT molecular complexity index is 830. The monoisotopic (exact) mass is 404 g/mol. The number of hydrogen-bond donors (Lipinski definition) is 0. The van der Waals surface area contributed by atoms with E-state index in [-0.39, 0.29) is 12.5 Å². The first-order valence-electron chi connectivity index (χ1n) is 9.20. The zero-order valence-corrected chi connectivity index (χ0v) is 17.1. The minimum atomic E-state index is -0.436. The van der Waals surface area contributed by atoms with Crippen molar-refractivity contribution in [2.45, 2.75) is 26.2 Å². The number of aryl methyl sites for hydroxylation is 1. The van der Waals surface area contributed by atoms with Crippen LogP contribution in [0.2, 0.25) is 0 Å². The molecule has 0 unspecified atom stereocenters. The number of carbonyl (C=O) groups excluding carboxylic acids is 3. The lowest BCUT2D eigenvalue weighted by Gasteiger charge is -2.27. The molecule has 7 nitrogen and oxygen atoms in total. The van der Waals surface area contributed by atoms with E-state index in [2.05, 4.69) is 0 Å². The molecule has 3 amide bonds. The predicted molar refractivity (Wildman–Crippen MR) is 107 cm³/mol. The zero-order chi connectivity index (χ0) is 20.3. The van der Waals surface area contributed by atoms with Gasteiger partial charge in [-0.1, -0.05) is 0 Å². The van der Waals surface area contributed by atoms with E-state index in [0.29, 0.717) is 29.5 Å². The van der Waals surface area contributed by atoms with Crippen LogP contribution in [0.15, 0.2) is 17.0 Å². The first-order valence-corrected chi connectivity index (χ1v) is 10.0. The highest BCUT2D eigenvalue weighted by atomic mass is 32.2. The van der Waals surface area contributed by atoms with Gasteiger partial charge in [-0.2, -0.15) is 0 Å². The van der Waals surface area contributed by atoms with Gasteiger partial charge in [0.25, 0.3) is 11.1 Å². The minimum absolute atomic E-state index is 0.175. The zero-order valence-electron chi connectivity index (χ0n) is 16.3. The van der Waals surface area contributed by atoms with Gasteiger partial charge in [0, 0.05) is 13.1 Å². The number of ether oxygens (including phenoxy) is 2. The Balaban J connectivity index is 1.78. The number of piperidine rings is 1. The number of benzene rings is 1. The van der Waals surface area contributed by atoms with Crippen LogP contribution in [0.25, 0.3) is 6.08 Å². The fourth-order valence-electron chi connectivity index (χ4n) is 3.31. The molecule has 2 fully saturated rings. The Morgan fingerprint density at radius 1 is 1.11 bits per heavy atom. The molecule has 1 aromatic carbocycles. The molecule has 0 radical (unpaired) electrons. The van der Waals surface area contributed by atoms with E-state index in [1.54, 1.807) is 24.2 Å². The molecule has 0 bridgehead atoms. The van der Waals surface area contributed by atoms with Crippen LogP contribution in [-0.2, 0) is 9.59 Å². The number of imide groups is 1. The van der Waals surface area contributed by atoms with Crippen molar-refractivity contribution in [1.29, 1.82) is 0 Å². The van der Waals surface area contributed by atoms with Gasteiger partial charge in [-0.25, -0.2) is 0 Å². The summed E-state index contributed by atoms with van der Waals surface area (Å²) in [6, 6.07) is 3.58. The van der Waals surface area contributed by atoms with Gasteiger partial charge in [0.05, 0.1) is 19.1 Å². The lowest BCUT2D eigenvalue weighted by atomic mass is 10.1. The number of rotatable bonds is 5. The molecule has 8 heteroatoms. The van der Waals surface area contributed by atoms with E-state index in [0.717, 1.165) is 47.1 Å². The normalized spacial score (nSPS) is 18.8. The van der Waals surface area contributed by atoms with Gasteiger partial charge in [-0.05, 0) is 67.3 Å². The van der Waals surface area contributed by atoms with Gasteiger partial charge >= 0.3 is 0 Å². The molecule has 0 aliphatic carbocycles. The van der Waals surface area contributed by atoms with Crippen LogP contribution < -0.4 is 9.47 Å². The van der Waals surface area contributed by atoms with Gasteiger partial charge in [0.15, 0.2) is 11.5 Å². The van der Waals surface area contributed by atoms with E-state index in [4.69, 9.17) is 9.47 Å². The van der Waals surface area contributed by atoms with Gasteiger partial charge in [-0.15, -0.1) is 0 Å². The minimum Gasteiger partial charge on any atom is -0.493 e. The standard InChI is InChI=1S/C20H24N2O5S/c1-13-9-15(26-2)16(27-3)10-14(13)11-17-19(24)22(20(25)28-17)12-18(23)21-7-5-4-6-8-21/h9-11H,4-8,12H2,1-3H3/b17-11-. The molecular formula is C20H24N2O5S. The first-order chi connectivity index (χ1) is 13.4.